The molecule has 2 aromatic rings. The van der Waals surface area contributed by atoms with Crippen molar-refractivity contribution in [3.63, 3.8) is 0 Å². The molecule has 0 spiro atoms. The van der Waals surface area contributed by atoms with E-state index in [4.69, 9.17) is 0 Å². The Balaban J connectivity index is 1.92. The van der Waals surface area contributed by atoms with E-state index < -0.39 is 5.91 Å². The maximum absolute atomic E-state index is 13.1. The van der Waals surface area contributed by atoms with Gasteiger partial charge >= 0.3 is 0 Å². The summed E-state index contributed by atoms with van der Waals surface area (Å²) >= 11 is 0. The predicted molar refractivity (Wildman–Crippen MR) is 114 cm³/mol. The fraction of sp³-hybridized carbons (Fsp3) is 0.348. The van der Waals surface area contributed by atoms with E-state index in [0.29, 0.717) is 12.1 Å². The molecule has 0 aromatic heterocycles. The van der Waals surface area contributed by atoms with E-state index in [2.05, 4.69) is 10.6 Å². The molecule has 2 N–H and O–H groups in total. The van der Waals surface area contributed by atoms with Gasteiger partial charge in [-0.25, -0.2) is 4.39 Å². The van der Waals surface area contributed by atoms with Gasteiger partial charge in [0.2, 0.25) is 17.7 Å². The Morgan fingerprint density at radius 1 is 1.03 bits per heavy atom. The van der Waals surface area contributed by atoms with Crippen LogP contribution in [0.2, 0.25) is 0 Å². The van der Waals surface area contributed by atoms with Gasteiger partial charge in [-0.15, -0.1) is 0 Å². The average molecular weight is 413 g/mol. The molecule has 0 aliphatic carbocycles. The van der Waals surface area contributed by atoms with Gasteiger partial charge in [-0.05, 0) is 48.2 Å². The molecule has 0 radical (unpaired) electrons. The van der Waals surface area contributed by atoms with Gasteiger partial charge in [0.25, 0.3) is 0 Å². The standard InChI is InChI=1S/C23H28FN3O3/c1-16(2)11-23(30)27(14-18-7-9-19(24)10-8-18)15-22(29)25-13-21(28)26-20-6-4-5-17(3)12-20/h4-10,12,16H,11,13-15H2,1-3H3,(H,25,29)(H,26,28). The predicted octanol–water partition coefficient (Wildman–Crippen LogP) is 3.26. The second-order valence-electron chi connectivity index (χ2n) is 7.67. The van der Waals surface area contributed by atoms with Crippen molar-refractivity contribution < 1.29 is 18.8 Å². The number of nitrogens with zero attached hydrogens (tertiary/aromatic N) is 1. The number of halogens is 1. The number of nitrogens with one attached hydrogen (secondary N) is 2. The summed E-state index contributed by atoms with van der Waals surface area (Å²) in [4.78, 5) is 38.4. The highest BCUT2D eigenvalue weighted by Crippen LogP contribution is 2.11. The zero-order valence-electron chi connectivity index (χ0n) is 17.6. The molecule has 0 saturated carbocycles. The minimum Gasteiger partial charge on any atom is -0.345 e. The zero-order valence-corrected chi connectivity index (χ0v) is 17.6. The lowest BCUT2D eigenvalue weighted by Crippen LogP contribution is -2.42. The van der Waals surface area contributed by atoms with Crippen molar-refractivity contribution in [2.45, 2.75) is 33.7 Å². The van der Waals surface area contributed by atoms with Crippen molar-refractivity contribution in [1.29, 1.82) is 0 Å². The van der Waals surface area contributed by atoms with E-state index in [9.17, 15) is 18.8 Å². The molecule has 0 fully saturated rings. The topological polar surface area (TPSA) is 78.5 Å². The average Bonchev–Trinajstić information content (AvgIpc) is 2.67. The highest BCUT2D eigenvalue weighted by atomic mass is 19.1. The van der Waals surface area contributed by atoms with E-state index in [1.54, 1.807) is 18.2 Å². The number of hydrogen-bond donors (Lipinski definition) is 2. The molecule has 30 heavy (non-hydrogen) atoms. The number of carbonyl (C=O) groups excluding carboxylic acids is 3. The highest BCUT2D eigenvalue weighted by Gasteiger charge is 2.19. The van der Waals surface area contributed by atoms with Gasteiger partial charge in [0.15, 0.2) is 0 Å². The van der Waals surface area contributed by atoms with Crippen molar-refractivity contribution in [3.05, 3.63) is 65.5 Å². The van der Waals surface area contributed by atoms with Crippen LogP contribution in [0.15, 0.2) is 48.5 Å². The van der Waals surface area contributed by atoms with Crippen molar-refractivity contribution in [2.75, 3.05) is 18.4 Å². The Morgan fingerprint density at radius 2 is 1.73 bits per heavy atom. The summed E-state index contributed by atoms with van der Waals surface area (Å²) in [5.74, 6) is -1.19. The number of aryl methyl sites for hydroxylation is 1. The molecule has 0 unspecified atom stereocenters. The maximum Gasteiger partial charge on any atom is 0.243 e. The third-order valence-corrected chi connectivity index (χ3v) is 4.30. The molecule has 0 bridgehead atoms. The molecule has 7 heteroatoms. The van der Waals surface area contributed by atoms with Gasteiger partial charge in [0, 0.05) is 18.7 Å². The van der Waals surface area contributed by atoms with Crippen molar-refractivity contribution in [1.82, 2.24) is 10.2 Å². The van der Waals surface area contributed by atoms with E-state index in [1.165, 1.54) is 17.0 Å². The number of benzene rings is 2. The molecule has 0 heterocycles. The van der Waals surface area contributed by atoms with E-state index >= 15 is 0 Å². The first-order valence-electron chi connectivity index (χ1n) is 9.88. The molecule has 6 nitrogen and oxygen atoms in total. The summed E-state index contributed by atoms with van der Waals surface area (Å²) in [5.41, 5.74) is 2.38. The summed E-state index contributed by atoms with van der Waals surface area (Å²) < 4.78 is 13.1. The molecule has 0 saturated heterocycles. The van der Waals surface area contributed by atoms with Gasteiger partial charge in [0.1, 0.15) is 5.82 Å². The highest BCUT2D eigenvalue weighted by molar-refractivity contribution is 5.95. The van der Waals surface area contributed by atoms with Crippen LogP contribution in [-0.2, 0) is 20.9 Å². The minimum absolute atomic E-state index is 0.136. The molecule has 3 amide bonds. The Morgan fingerprint density at radius 3 is 2.37 bits per heavy atom. The Bertz CT molecular complexity index is 882. The third kappa shape index (κ3) is 8.03. The Labute approximate surface area is 176 Å². The normalized spacial score (nSPS) is 10.6. The first kappa shape index (κ1) is 23.1. The van der Waals surface area contributed by atoms with Crippen LogP contribution < -0.4 is 10.6 Å². The fourth-order valence-corrected chi connectivity index (χ4v) is 2.86. The number of amides is 3. The van der Waals surface area contributed by atoms with E-state index in [1.807, 2.05) is 39.0 Å². The van der Waals surface area contributed by atoms with Crippen LogP contribution in [0.3, 0.4) is 0 Å². The smallest absolute Gasteiger partial charge is 0.243 e. The SMILES string of the molecule is Cc1cccc(NC(=O)CNC(=O)CN(Cc2ccc(F)cc2)C(=O)CC(C)C)c1. The van der Waals surface area contributed by atoms with Crippen LogP contribution in [0.5, 0.6) is 0 Å². The van der Waals surface area contributed by atoms with Crippen LogP contribution in [0, 0.1) is 18.7 Å². The first-order chi connectivity index (χ1) is 14.2. The lowest BCUT2D eigenvalue weighted by atomic mass is 10.1. The van der Waals surface area contributed by atoms with E-state index in [0.717, 1.165) is 11.1 Å². The lowest BCUT2D eigenvalue weighted by molar-refractivity contribution is -0.137. The summed E-state index contributed by atoms with van der Waals surface area (Å²) in [6, 6.07) is 13.1. The molecular weight excluding hydrogens is 385 g/mol. The summed E-state index contributed by atoms with van der Waals surface area (Å²) in [6.45, 7) is 5.57. The number of anilines is 1. The van der Waals surface area contributed by atoms with E-state index in [-0.39, 0.29) is 43.2 Å². The zero-order chi connectivity index (χ0) is 22.1. The third-order valence-electron chi connectivity index (χ3n) is 4.30. The van der Waals surface area contributed by atoms with Gasteiger partial charge in [0.05, 0.1) is 13.1 Å². The van der Waals surface area contributed by atoms with Crippen molar-refractivity contribution >= 4 is 23.4 Å². The summed E-state index contributed by atoms with van der Waals surface area (Å²) in [5, 5.41) is 5.26. The minimum atomic E-state index is -0.436. The molecule has 0 atom stereocenters. The maximum atomic E-state index is 13.1. The quantitative estimate of drug-likeness (QED) is 0.662. The first-order valence-corrected chi connectivity index (χ1v) is 9.88. The fourth-order valence-electron chi connectivity index (χ4n) is 2.86. The van der Waals surface area contributed by atoms with Crippen LogP contribution in [0.1, 0.15) is 31.4 Å². The van der Waals surface area contributed by atoms with Gasteiger partial charge in [-0.2, -0.15) is 0 Å². The van der Waals surface area contributed by atoms with Crippen LogP contribution >= 0.6 is 0 Å². The summed E-state index contributed by atoms with van der Waals surface area (Å²) in [7, 11) is 0. The number of hydrogen-bond acceptors (Lipinski definition) is 3. The van der Waals surface area contributed by atoms with Crippen molar-refractivity contribution in [3.8, 4) is 0 Å². The van der Waals surface area contributed by atoms with Gasteiger partial charge in [-0.3, -0.25) is 14.4 Å². The Kier molecular flexibility index (Phi) is 8.53. The largest absolute Gasteiger partial charge is 0.345 e. The molecular formula is C23H28FN3O3. The number of rotatable bonds is 9. The molecule has 2 rings (SSSR count). The number of carbonyl (C=O) groups is 3. The lowest BCUT2D eigenvalue weighted by Gasteiger charge is -2.23. The van der Waals surface area contributed by atoms with Crippen LogP contribution in [0.4, 0.5) is 10.1 Å². The van der Waals surface area contributed by atoms with Gasteiger partial charge in [-0.1, -0.05) is 38.1 Å². The van der Waals surface area contributed by atoms with Gasteiger partial charge < -0.3 is 15.5 Å². The Hall–Kier alpha value is -3.22. The summed E-state index contributed by atoms with van der Waals surface area (Å²) in [6.07, 6.45) is 0.294. The molecule has 160 valence electrons. The monoisotopic (exact) mass is 413 g/mol. The molecule has 0 aliphatic rings. The van der Waals surface area contributed by atoms with Crippen molar-refractivity contribution in [2.24, 2.45) is 5.92 Å². The second-order valence-corrected chi connectivity index (χ2v) is 7.67. The van der Waals surface area contributed by atoms with Crippen LogP contribution in [0.25, 0.3) is 0 Å². The molecule has 2 aromatic carbocycles. The molecule has 0 aliphatic heterocycles. The van der Waals surface area contributed by atoms with Crippen LogP contribution in [-0.4, -0.2) is 35.7 Å². The second kappa shape index (κ2) is 11.1.